The average molecular weight is 273 g/mol. The topological polar surface area (TPSA) is 82.9 Å². The summed E-state index contributed by atoms with van der Waals surface area (Å²) in [5, 5.41) is 12.4. The van der Waals surface area contributed by atoms with Crippen LogP contribution in [0.5, 0.6) is 0 Å². The Balaban J connectivity index is 1.96. The van der Waals surface area contributed by atoms with Gasteiger partial charge in [-0.1, -0.05) is 0 Å². The molecule has 8 heteroatoms. The van der Waals surface area contributed by atoms with E-state index < -0.39 is 0 Å². The van der Waals surface area contributed by atoms with Crippen LogP contribution in [0.2, 0.25) is 0 Å². The lowest BCUT2D eigenvalue weighted by molar-refractivity contribution is 0.305. The molecule has 0 saturated carbocycles. The van der Waals surface area contributed by atoms with Crippen LogP contribution in [0, 0.1) is 0 Å². The van der Waals surface area contributed by atoms with Crippen molar-refractivity contribution in [2.75, 3.05) is 0 Å². The molecule has 0 aromatic carbocycles. The third kappa shape index (κ3) is 2.09. The Morgan fingerprint density at radius 3 is 2.75 bits per heavy atom. The molecule has 0 radical (unpaired) electrons. The third-order valence-corrected chi connectivity index (χ3v) is 2.92. The van der Waals surface area contributed by atoms with Crippen molar-refractivity contribution in [2.45, 2.75) is 32.9 Å². The van der Waals surface area contributed by atoms with Crippen molar-refractivity contribution in [2.24, 2.45) is 0 Å². The minimum absolute atomic E-state index is 0.204. The Morgan fingerprint density at radius 1 is 1.25 bits per heavy atom. The summed E-state index contributed by atoms with van der Waals surface area (Å²) in [6.07, 6.45) is 4.97. The number of nitrogens with zero attached hydrogens (tertiary/aromatic N) is 7. The van der Waals surface area contributed by atoms with Gasteiger partial charge in [0.05, 0.1) is 12.1 Å². The molecule has 0 aliphatic carbocycles. The first-order valence-corrected chi connectivity index (χ1v) is 6.27. The number of hydrogen-bond donors (Lipinski definition) is 0. The zero-order valence-corrected chi connectivity index (χ0v) is 11.6. The van der Waals surface area contributed by atoms with Gasteiger partial charge < -0.3 is 4.57 Å². The highest BCUT2D eigenvalue weighted by Gasteiger charge is 2.17. The summed E-state index contributed by atoms with van der Waals surface area (Å²) < 4.78 is 3.36. The largest absolute Gasteiger partial charge is 0.353 e. The molecule has 3 aromatic rings. The Morgan fingerprint density at radius 2 is 2.05 bits per heavy atom. The molecule has 0 aliphatic rings. The van der Waals surface area contributed by atoms with Crippen LogP contribution in [-0.2, 0) is 12.1 Å². The average Bonchev–Trinajstić information content (AvgIpc) is 2.98. The van der Waals surface area contributed by atoms with Crippen LogP contribution in [0.25, 0.3) is 5.65 Å². The highest BCUT2D eigenvalue weighted by atomic mass is 16.1. The van der Waals surface area contributed by atoms with Gasteiger partial charge in [0.2, 0.25) is 0 Å². The van der Waals surface area contributed by atoms with Crippen molar-refractivity contribution in [3.63, 3.8) is 0 Å². The number of rotatable bonds is 2. The normalized spacial score (nSPS) is 12.2. The van der Waals surface area contributed by atoms with E-state index in [1.807, 2.05) is 25.3 Å². The maximum absolute atomic E-state index is 11.6. The van der Waals surface area contributed by atoms with Gasteiger partial charge in [0, 0.05) is 18.6 Å². The molecular formula is C12H15N7O. The summed E-state index contributed by atoms with van der Waals surface area (Å²) in [6.45, 7) is 6.48. The van der Waals surface area contributed by atoms with Crippen molar-refractivity contribution >= 4 is 5.65 Å². The second kappa shape index (κ2) is 4.26. The quantitative estimate of drug-likeness (QED) is 0.670. The maximum Gasteiger partial charge on any atom is 0.353 e. The number of tetrazole rings is 1. The van der Waals surface area contributed by atoms with Crippen molar-refractivity contribution < 1.29 is 0 Å². The van der Waals surface area contributed by atoms with Crippen LogP contribution >= 0.6 is 0 Å². The molecule has 20 heavy (non-hydrogen) atoms. The molecule has 0 amide bonds. The van der Waals surface area contributed by atoms with E-state index in [0.717, 1.165) is 5.65 Å². The Hall–Kier alpha value is -2.51. The minimum Gasteiger partial charge on any atom is -0.325 e. The fourth-order valence-electron chi connectivity index (χ4n) is 1.88. The number of hydrogen-bond acceptors (Lipinski definition) is 5. The molecular weight excluding hydrogens is 258 g/mol. The van der Waals surface area contributed by atoms with Gasteiger partial charge in [-0.05, 0) is 32.1 Å². The second-order valence-electron chi connectivity index (χ2n) is 5.55. The Bertz CT molecular complexity index is 805. The Labute approximate surface area is 114 Å². The van der Waals surface area contributed by atoms with Gasteiger partial charge in [-0.25, -0.2) is 9.78 Å². The van der Waals surface area contributed by atoms with E-state index in [1.54, 1.807) is 23.3 Å². The van der Waals surface area contributed by atoms with Crippen molar-refractivity contribution in [1.82, 2.24) is 34.2 Å². The van der Waals surface area contributed by atoms with Gasteiger partial charge >= 0.3 is 5.69 Å². The molecule has 0 saturated heterocycles. The van der Waals surface area contributed by atoms with Gasteiger partial charge in [0.25, 0.3) is 0 Å². The molecule has 0 unspecified atom stereocenters. The third-order valence-electron chi connectivity index (χ3n) is 2.92. The fraction of sp³-hybridized carbons (Fsp3) is 0.417. The zero-order chi connectivity index (χ0) is 14.3. The molecule has 104 valence electrons. The SMILES string of the molecule is CC(C)(C)n1nnc(Cn2ccn3c(=O)nccc23)n1. The van der Waals surface area contributed by atoms with Crippen molar-refractivity contribution in [1.29, 1.82) is 0 Å². The second-order valence-corrected chi connectivity index (χ2v) is 5.55. The molecule has 0 atom stereocenters. The van der Waals surface area contributed by atoms with E-state index in [0.29, 0.717) is 12.4 Å². The molecule has 3 heterocycles. The molecule has 3 aromatic heterocycles. The molecule has 3 rings (SSSR count). The van der Waals surface area contributed by atoms with Gasteiger partial charge in [-0.3, -0.25) is 4.40 Å². The standard InChI is InChI=1S/C12H15N7O/c1-12(2,3)19-15-9(14-16-19)8-17-6-7-18-10(17)4-5-13-11(18)20/h4-7H,8H2,1-3H3. The van der Waals surface area contributed by atoms with Crippen LogP contribution < -0.4 is 5.69 Å². The fourth-order valence-corrected chi connectivity index (χ4v) is 1.88. The van der Waals surface area contributed by atoms with Gasteiger partial charge in [-0.2, -0.15) is 4.80 Å². The summed E-state index contributed by atoms with van der Waals surface area (Å²) in [4.78, 5) is 16.9. The van der Waals surface area contributed by atoms with Gasteiger partial charge in [0.15, 0.2) is 5.82 Å². The summed E-state index contributed by atoms with van der Waals surface area (Å²) in [5.41, 5.74) is 0.245. The van der Waals surface area contributed by atoms with Crippen molar-refractivity contribution in [3.05, 3.63) is 41.0 Å². The van der Waals surface area contributed by atoms with Crippen LogP contribution in [0.3, 0.4) is 0 Å². The monoisotopic (exact) mass is 273 g/mol. The van der Waals surface area contributed by atoms with Crippen LogP contribution in [0.15, 0.2) is 29.5 Å². The van der Waals surface area contributed by atoms with Crippen molar-refractivity contribution in [3.8, 4) is 0 Å². The lowest BCUT2D eigenvalue weighted by Crippen LogP contribution is -2.24. The number of aromatic nitrogens is 7. The predicted octanol–water partition coefficient (Wildman–Crippen LogP) is 0.286. The highest BCUT2D eigenvalue weighted by Crippen LogP contribution is 2.10. The van der Waals surface area contributed by atoms with E-state index >= 15 is 0 Å². The van der Waals surface area contributed by atoms with Crippen LogP contribution in [-0.4, -0.2) is 34.2 Å². The molecule has 0 aliphatic heterocycles. The maximum atomic E-state index is 11.6. The first-order chi connectivity index (χ1) is 9.45. The molecule has 0 fully saturated rings. The zero-order valence-electron chi connectivity index (χ0n) is 11.6. The Kier molecular flexibility index (Phi) is 2.66. The van der Waals surface area contributed by atoms with Gasteiger partial charge in [0.1, 0.15) is 5.65 Å². The lowest BCUT2D eigenvalue weighted by Gasteiger charge is -2.15. The molecule has 0 N–H and O–H groups in total. The van der Waals surface area contributed by atoms with E-state index in [-0.39, 0.29) is 11.2 Å². The molecule has 0 bridgehead atoms. The smallest absolute Gasteiger partial charge is 0.325 e. The first kappa shape index (κ1) is 12.5. The van der Waals surface area contributed by atoms with Gasteiger partial charge in [-0.15, -0.1) is 10.2 Å². The lowest BCUT2D eigenvalue weighted by atomic mass is 10.1. The number of imidazole rings is 1. The van der Waals surface area contributed by atoms with E-state index in [2.05, 4.69) is 20.4 Å². The predicted molar refractivity (Wildman–Crippen MR) is 71.4 cm³/mol. The number of fused-ring (bicyclic) bond motifs is 1. The summed E-state index contributed by atoms with van der Waals surface area (Å²) in [6, 6.07) is 1.77. The molecule has 0 spiro atoms. The summed E-state index contributed by atoms with van der Waals surface area (Å²) in [5.74, 6) is 0.599. The minimum atomic E-state index is -0.299. The highest BCUT2D eigenvalue weighted by molar-refractivity contribution is 5.38. The summed E-state index contributed by atoms with van der Waals surface area (Å²) >= 11 is 0. The molecule has 8 nitrogen and oxygen atoms in total. The first-order valence-electron chi connectivity index (χ1n) is 6.27. The van der Waals surface area contributed by atoms with E-state index in [1.165, 1.54) is 10.6 Å². The van der Waals surface area contributed by atoms with E-state index in [9.17, 15) is 4.79 Å². The van der Waals surface area contributed by atoms with Crippen LogP contribution in [0.1, 0.15) is 26.6 Å². The van der Waals surface area contributed by atoms with Crippen LogP contribution in [0.4, 0.5) is 0 Å². The van der Waals surface area contributed by atoms with E-state index in [4.69, 9.17) is 0 Å². The summed E-state index contributed by atoms with van der Waals surface area (Å²) in [7, 11) is 0.